The quantitative estimate of drug-likeness (QED) is 0.803. The van der Waals surface area contributed by atoms with Crippen LogP contribution in [0, 0.1) is 6.92 Å². The Morgan fingerprint density at radius 1 is 1.22 bits per heavy atom. The maximum atomic E-state index is 12.7. The lowest BCUT2D eigenvalue weighted by Crippen LogP contribution is -2.34. The van der Waals surface area contributed by atoms with Crippen molar-refractivity contribution in [1.82, 2.24) is 0 Å². The third-order valence-electron chi connectivity index (χ3n) is 2.46. The van der Waals surface area contributed by atoms with E-state index in [1.165, 1.54) is 0 Å². The Bertz CT molecular complexity index is 367. The zero-order valence-corrected chi connectivity index (χ0v) is 9.88. The highest BCUT2D eigenvalue weighted by Crippen LogP contribution is 2.26. The molecule has 0 aliphatic heterocycles. The van der Waals surface area contributed by atoms with Crippen molar-refractivity contribution in [3.05, 3.63) is 35.4 Å². The highest BCUT2D eigenvalue weighted by molar-refractivity contribution is 5.23. The fourth-order valence-electron chi connectivity index (χ4n) is 1.36. The van der Waals surface area contributed by atoms with Gasteiger partial charge >= 0.3 is 12.3 Å². The van der Waals surface area contributed by atoms with Crippen LogP contribution < -0.4 is 5.73 Å². The minimum Gasteiger partial charge on any atom is -0.366 e. The van der Waals surface area contributed by atoms with Crippen LogP contribution >= 0.6 is 0 Å². The summed E-state index contributed by atoms with van der Waals surface area (Å²) in [7, 11) is 0. The molecule has 1 atom stereocenters. The molecule has 0 aliphatic rings. The van der Waals surface area contributed by atoms with Gasteiger partial charge in [0.05, 0.1) is 6.10 Å². The third-order valence-corrected chi connectivity index (χ3v) is 2.46. The molecule has 2 nitrogen and oxygen atoms in total. The van der Waals surface area contributed by atoms with Crippen molar-refractivity contribution in [2.24, 2.45) is 5.73 Å². The minimum absolute atomic E-state index is 0.0532. The molecule has 1 aromatic rings. The van der Waals surface area contributed by atoms with Gasteiger partial charge in [-0.15, -0.1) is 0 Å². The van der Waals surface area contributed by atoms with Crippen molar-refractivity contribution in [3.63, 3.8) is 0 Å². The van der Waals surface area contributed by atoms with Crippen molar-refractivity contribution in [2.75, 3.05) is 13.2 Å². The van der Waals surface area contributed by atoms with E-state index in [2.05, 4.69) is 0 Å². The van der Waals surface area contributed by atoms with Gasteiger partial charge in [0.1, 0.15) is 6.61 Å². The van der Waals surface area contributed by atoms with Crippen molar-refractivity contribution >= 4 is 0 Å². The largest absolute Gasteiger partial charge is 0.366 e. The Labute approximate surface area is 103 Å². The Balaban J connectivity index is 2.66. The lowest BCUT2D eigenvalue weighted by molar-refractivity contribution is -0.175. The molecular formula is C12H15F4NO. The number of benzene rings is 1. The van der Waals surface area contributed by atoms with Gasteiger partial charge in [0, 0.05) is 6.54 Å². The lowest BCUT2D eigenvalue weighted by Gasteiger charge is -2.21. The van der Waals surface area contributed by atoms with Crippen molar-refractivity contribution in [3.8, 4) is 0 Å². The molecular weight excluding hydrogens is 250 g/mol. The first-order valence-electron chi connectivity index (χ1n) is 5.41. The fraction of sp³-hybridized carbons (Fsp3) is 0.500. The van der Waals surface area contributed by atoms with Gasteiger partial charge in [-0.05, 0) is 12.5 Å². The van der Waals surface area contributed by atoms with Crippen molar-refractivity contribution < 1.29 is 22.3 Å². The van der Waals surface area contributed by atoms with Gasteiger partial charge in [-0.2, -0.15) is 8.78 Å². The van der Waals surface area contributed by atoms with E-state index in [-0.39, 0.29) is 6.54 Å². The van der Waals surface area contributed by atoms with Gasteiger partial charge in [0.2, 0.25) is 0 Å². The molecule has 0 heterocycles. The van der Waals surface area contributed by atoms with Gasteiger partial charge in [0.25, 0.3) is 0 Å². The lowest BCUT2D eigenvalue weighted by atomic mass is 10.1. The summed E-state index contributed by atoms with van der Waals surface area (Å²) in [4.78, 5) is 0. The first-order valence-corrected chi connectivity index (χ1v) is 5.41. The summed E-state index contributed by atoms with van der Waals surface area (Å²) in [6, 6.07) is 6.89. The van der Waals surface area contributed by atoms with Crippen LogP contribution in [0.3, 0.4) is 0 Å². The second-order valence-electron chi connectivity index (χ2n) is 4.01. The van der Waals surface area contributed by atoms with Gasteiger partial charge in [-0.3, -0.25) is 0 Å². The molecule has 0 bridgehead atoms. The SMILES string of the molecule is Cc1ccc(C(CN)OCC(F)(F)C(F)F)cc1. The van der Waals surface area contributed by atoms with E-state index < -0.39 is 25.1 Å². The summed E-state index contributed by atoms with van der Waals surface area (Å²) < 4.78 is 54.1. The number of ether oxygens (including phenoxy) is 1. The van der Waals surface area contributed by atoms with Crippen LogP contribution in [-0.2, 0) is 4.74 Å². The number of alkyl halides is 4. The van der Waals surface area contributed by atoms with Crippen LogP contribution in [0.15, 0.2) is 24.3 Å². The molecule has 0 aromatic heterocycles. The zero-order valence-electron chi connectivity index (χ0n) is 9.88. The molecule has 1 rings (SSSR count). The molecule has 102 valence electrons. The Hall–Kier alpha value is -1.14. The zero-order chi connectivity index (χ0) is 13.8. The number of hydrogen-bond acceptors (Lipinski definition) is 2. The number of nitrogens with two attached hydrogens (primary N) is 1. The fourth-order valence-corrected chi connectivity index (χ4v) is 1.36. The molecule has 2 N–H and O–H groups in total. The molecule has 0 radical (unpaired) electrons. The molecule has 0 saturated heterocycles. The first kappa shape index (κ1) is 14.9. The standard InChI is InChI=1S/C12H15F4NO/c1-8-2-4-9(5-3-8)10(6-17)18-7-12(15,16)11(13)14/h2-5,10-11H,6-7,17H2,1H3. The number of halogens is 4. The Morgan fingerprint density at radius 2 is 1.78 bits per heavy atom. The van der Waals surface area contributed by atoms with Crippen molar-refractivity contribution in [2.45, 2.75) is 25.4 Å². The Kier molecular flexibility index (Phi) is 5.10. The van der Waals surface area contributed by atoms with Gasteiger partial charge in [0.15, 0.2) is 0 Å². The van der Waals surface area contributed by atoms with Crippen LogP contribution in [0.5, 0.6) is 0 Å². The van der Waals surface area contributed by atoms with Gasteiger partial charge < -0.3 is 10.5 Å². The Morgan fingerprint density at radius 3 is 2.22 bits per heavy atom. The molecule has 0 spiro atoms. The molecule has 18 heavy (non-hydrogen) atoms. The second-order valence-corrected chi connectivity index (χ2v) is 4.01. The maximum absolute atomic E-state index is 12.7. The number of aryl methyl sites for hydroxylation is 1. The summed E-state index contributed by atoms with van der Waals surface area (Å²) in [5.74, 6) is -4.15. The second kappa shape index (κ2) is 6.15. The highest BCUT2D eigenvalue weighted by Gasteiger charge is 2.41. The van der Waals surface area contributed by atoms with E-state index in [0.29, 0.717) is 5.56 Å². The summed E-state index contributed by atoms with van der Waals surface area (Å²) in [6.45, 7) is 0.468. The average Bonchev–Trinajstić information content (AvgIpc) is 2.31. The summed E-state index contributed by atoms with van der Waals surface area (Å²) >= 11 is 0. The summed E-state index contributed by atoms with van der Waals surface area (Å²) in [5.41, 5.74) is 6.97. The van der Waals surface area contributed by atoms with Crippen LogP contribution in [0.4, 0.5) is 17.6 Å². The van der Waals surface area contributed by atoms with E-state index >= 15 is 0 Å². The smallest absolute Gasteiger partial charge is 0.330 e. The molecule has 0 amide bonds. The third kappa shape index (κ3) is 3.96. The van der Waals surface area contributed by atoms with Crippen LogP contribution in [0.2, 0.25) is 0 Å². The molecule has 1 unspecified atom stereocenters. The van der Waals surface area contributed by atoms with E-state index in [9.17, 15) is 17.6 Å². The van der Waals surface area contributed by atoms with Crippen LogP contribution in [0.1, 0.15) is 17.2 Å². The summed E-state index contributed by atoms with van der Waals surface area (Å²) in [6.07, 6.45) is -4.55. The first-order chi connectivity index (χ1) is 8.36. The van der Waals surface area contributed by atoms with Crippen molar-refractivity contribution in [1.29, 1.82) is 0 Å². The van der Waals surface area contributed by atoms with E-state index in [4.69, 9.17) is 10.5 Å². The number of hydrogen-bond donors (Lipinski definition) is 1. The summed E-state index contributed by atoms with van der Waals surface area (Å²) in [5, 5.41) is 0. The van der Waals surface area contributed by atoms with Gasteiger partial charge in [-0.1, -0.05) is 29.8 Å². The number of rotatable bonds is 6. The van der Waals surface area contributed by atoms with E-state index in [1.807, 2.05) is 6.92 Å². The topological polar surface area (TPSA) is 35.2 Å². The molecule has 0 saturated carbocycles. The van der Waals surface area contributed by atoms with Crippen LogP contribution in [-0.4, -0.2) is 25.5 Å². The molecule has 0 aliphatic carbocycles. The highest BCUT2D eigenvalue weighted by atomic mass is 19.3. The van der Waals surface area contributed by atoms with E-state index in [1.54, 1.807) is 24.3 Å². The van der Waals surface area contributed by atoms with E-state index in [0.717, 1.165) is 5.56 Å². The minimum atomic E-state index is -4.15. The normalized spacial score (nSPS) is 13.9. The molecule has 0 fully saturated rings. The monoisotopic (exact) mass is 265 g/mol. The molecule has 1 aromatic carbocycles. The van der Waals surface area contributed by atoms with Crippen LogP contribution in [0.25, 0.3) is 0 Å². The predicted octanol–water partition coefficient (Wildman–Crippen LogP) is 2.91. The average molecular weight is 265 g/mol. The predicted molar refractivity (Wildman–Crippen MR) is 59.9 cm³/mol. The molecule has 6 heteroatoms. The van der Waals surface area contributed by atoms with Gasteiger partial charge in [-0.25, -0.2) is 8.78 Å². The maximum Gasteiger partial charge on any atom is 0.330 e.